The van der Waals surface area contributed by atoms with Gasteiger partial charge in [0.25, 0.3) is 0 Å². The molecular formula is C18H30N8. The Kier molecular flexibility index (Phi) is 5.90. The van der Waals surface area contributed by atoms with E-state index in [1.54, 1.807) is 0 Å². The third-order valence-corrected chi connectivity index (χ3v) is 4.44. The van der Waals surface area contributed by atoms with E-state index in [1.807, 2.05) is 28.7 Å². The van der Waals surface area contributed by atoms with Gasteiger partial charge in [0, 0.05) is 31.1 Å². The standard InChI is InChI=1S/C18H30N8/c1-5-19-18(20-8-9-25-11-14(4)10-21-25)22-15-6-7-16-23-17(13(2)3)24-26(16)12-15/h10-11,13,15H,5-9,12H2,1-4H3,(H2,19,20,22). The Morgan fingerprint density at radius 3 is 2.96 bits per heavy atom. The van der Waals surface area contributed by atoms with Crippen molar-refractivity contribution in [2.45, 2.75) is 65.6 Å². The quantitative estimate of drug-likeness (QED) is 0.603. The van der Waals surface area contributed by atoms with E-state index >= 15 is 0 Å². The fourth-order valence-corrected chi connectivity index (χ4v) is 3.06. The van der Waals surface area contributed by atoms with Gasteiger partial charge in [-0.1, -0.05) is 13.8 Å². The summed E-state index contributed by atoms with van der Waals surface area (Å²) in [5.41, 5.74) is 1.17. The zero-order valence-corrected chi connectivity index (χ0v) is 16.2. The Hall–Kier alpha value is -2.38. The number of aromatic nitrogens is 5. The summed E-state index contributed by atoms with van der Waals surface area (Å²) >= 11 is 0. The van der Waals surface area contributed by atoms with Crippen molar-refractivity contribution in [3.05, 3.63) is 29.6 Å². The highest BCUT2D eigenvalue weighted by Gasteiger charge is 2.23. The summed E-state index contributed by atoms with van der Waals surface area (Å²) in [6.07, 6.45) is 5.90. The predicted octanol–water partition coefficient (Wildman–Crippen LogP) is 1.48. The molecule has 3 rings (SSSR count). The summed E-state index contributed by atoms with van der Waals surface area (Å²) in [6.45, 7) is 11.5. The van der Waals surface area contributed by atoms with Gasteiger partial charge in [-0.15, -0.1) is 0 Å². The lowest BCUT2D eigenvalue weighted by Gasteiger charge is -2.25. The minimum atomic E-state index is 0.314. The molecule has 1 aliphatic rings. The lowest BCUT2D eigenvalue weighted by atomic mass is 10.1. The third kappa shape index (κ3) is 4.62. The van der Waals surface area contributed by atoms with Crippen LogP contribution in [0.3, 0.4) is 0 Å². The molecule has 8 heteroatoms. The van der Waals surface area contributed by atoms with Gasteiger partial charge in [0.2, 0.25) is 0 Å². The molecular weight excluding hydrogens is 328 g/mol. The first-order valence-corrected chi connectivity index (χ1v) is 9.52. The molecule has 142 valence electrons. The molecule has 3 heterocycles. The van der Waals surface area contributed by atoms with Crippen molar-refractivity contribution in [2.24, 2.45) is 4.99 Å². The number of aliphatic imine (C=N–C) groups is 1. The van der Waals surface area contributed by atoms with Crippen molar-refractivity contribution in [1.29, 1.82) is 0 Å². The molecule has 2 N–H and O–H groups in total. The van der Waals surface area contributed by atoms with Crippen LogP contribution in [0.2, 0.25) is 0 Å². The van der Waals surface area contributed by atoms with Gasteiger partial charge in [-0.05, 0) is 25.8 Å². The number of guanidine groups is 1. The maximum atomic E-state index is 4.69. The molecule has 8 nitrogen and oxygen atoms in total. The minimum Gasteiger partial charge on any atom is -0.357 e. The van der Waals surface area contributed by atoms with E-state index < -0.39 is 0 Å². The Bertz CT molecular complexity index is 742. The van der Waals surface area contributed by atoms with Crippen LogP contribution in [-0.4, -0.2) is 49.6 Å². The molecule has 0 spiro atoms. The molecule has 0 fully saturated rings. The SMILES string of the molecule is CCNC(=NCCn1cc(C)cn1)NC1CCc2nc(C(C)C)nn2C1. The van der Waals surface area contributed by atoms with Crippen LogP contribution in [-0.2, 0) is 19.5 Å². The lowest BCUT2D eigenvalue weighted by Crippen LogP contribution is -2.47. The van der Waals surface area contributed by atoms with Gasteiger partial charge >= 0.3 is 0 Å². The van der Waals surface area contributed by atoms with Crippen molar-refractivity contribution < 1.29 is 0 Å². The molecule has 0 saturated heterocycles. The van der Waals surface area contributed by atoms with Gasteiger partial charge in [-0.25, -0.2) is 9.67 Å². The summed E-state index contributed by atoms with van der Waals surface area (Å²) in [4.78, 5) is 9.34. The molecule has 1 unspecified atom stereocenters. The fraction of sp³-hybridized carbons (Fsp3) is 0.667. The Labute approximate surface area is 155 Å². The number of hydrogen-bond donors (Lipinski definition) is 2. The number of nitrogens with one attached hydrogen (secondary N) is 2. The summed E-state index contributed by atoms with van der Waals surface area (Å²) in [5, 5.41) is 15.8. The maximum absolute atomic E-state index is 4.69. The van der Waals surface area contributed by atoms with Crippen LogP contribution in [0.1, 0.15) is 50.3 Å². The van der Waals surface area contributed by atoms with E-state index in [0.29, 0.717) is 18.5 Å². The van der Waals surface area contributed by atoms with Gasteiger partial charge in [-0.3, -0.25) is 9.67 Å². The lowest BCUT2D eigenvalue weighted by molar-refractivity contribution is 0.391. The van der Waals surface area contributed by atoms with Crippen LogP contribution < -0.4 is 10.6 Å². The Balaban J connectivity index is 1.58. The van der Waals surface area contributed by atoms with Gasteiger partial charge in [0.15, 0.2) is 11.8 Å². The molecule has 0 aliphatic carbocycles. The first kappa shape index (κ1) is 18.4. The Morgan fingerprint density at radius 1 is 1.42 bits per heavy atom. The topological polar surface area (TPSA) is 84.9 Å². The van der Waals surface area contributed by atoms with E-state index in [9.17, 15) is 0 Å². The number of aryl methyl sites for hydroxylation is 2. The van der Waals surface area contributed by atoms with Gasteiger partial charge < -0.3 is 10.6 Å². The van der Waals surface area contributed by atoms with Crippen LogP contribution >= 0.6 is 0 Å². The van der Waals surface area contributed by atoms with Crippen LogP contribution in [0.15, 0.2) is 17.4 Å². The van der Waals surface area contributed by atoms with Crippen molar-refractivity contribution in [2.75, 3.05) is 13.1 Å². The Morgan fingerprint density at radius 2 is 2.27 bits per heavy atom. The van der Waals surface area contributed by atoms with Crippen molar-refractivity contribution >= 4 is 5.96 Å². The maximum Gasteiger partial charge on any atom is 0.191 e. The smallest absolute Gasteiger partial charge is 0.191 e. The molecule has 0 aromatic carbocycles. The number of hydrogen-bond acceptors (Lipinski definition) is 4. The second kappa shape index (κ2) is 8.33. The molecule has 0 bridgehead atoms. The first-order valence-electron chi connectivity index (χ1n) is 9.52. The number of rotatable bonds is 6. The van der Waals surface area contributed by atoms with E-state index in [4.69, 9.17) is 0 Å². The van der Waals surface area contributed by atoms with Gasteiger partial charge in [-0.2, -0.15) is 10.2 Å². The summed E-state index contributed by atoms with van der Waals surface area (Å²) in [7, 11) is 0. The van der Waals surface area contributed by atoms with E-state index in [-0.39, 0.29) is 0 Å². The zero-order valence-electron chi connectivity index (χ0n) is 16.2. The highest BCUT2D eigenvalue weighted by molar-refractivity contribution is 5.80. The molecule has 26 heavy (non-hydrogen) atoms. The zero-order chi connectivity index (χ0) is 18.5. The summed E-state index contributed by atoms with van der Waals surface area (Å²) in [5.74, 6) is 3.26. The molecule has 0 amide bonds. The highest BCUT2D eigenvalue weighted by Crippen LogP contribution is 2.16. The average Bonchev–Trinajstić information content (AvgIpc) is 3.21. The van der Waals surface area contributed by atoms with Crippen molar-refractivity contribution in [3.8, 4) is 0 Å². The highest BCUT2D eigenvalue weighted by atomic mass is 15.4. The molecule has 2 aromatic rings. The van der Waals surface area contributed by atoms with Crippen molar-refractivity contribution in [3.63, 3.8) is 0 Å². The van der Waals surface area contributed by atoms with E-state index in [2.05, 4.69) is 51.6 Å². The van der Waals surface area contributed by atoms with Gasteiger partial charge in [0.05, 0.1) is 25.8 Å². The normalized spacial score (nSPS) is 17.4. The predicted molar refractivity (Wildman–Crippen MR) is 102 cm³/mol. The van der Waals surface area contributed by atoms with Crippen LogP contribution in [0, 0.1) is 6.92 Å². The van der Waals surface area contributed by atoms with Crippen molar-refractivity contribution in [1.82, 2.24) is 35.2 Å². The van der Waals surface area contributed by atoms with Gasteiger partial charge in [0.1, 0.15) is 5.82 Å². The third-order valence-electron chi connectivity index (χ3n) is 4.44. The van der Waals surface area contributed by atoms with Crippen LogP contribution in [0.25, 0.3) is 0 Å². The van der Waals surface area contributed by atoms with E-state index in [1.165, 1.54) is 5.56 Å². The largest absolute Gasteiger partial charge is 0.357 e. The van der Waals surface area contributed by atoms with Crippen LogP contribution in [0.5, 0.6) is 0 Å². The molecule has 1 atom stereocenters. The molecule has 0 saturated carbocycles. The minimum absolute atomic E-state index is 0.314. The first-order chi connectivity index (χ1) is 12.5. The number of nitrogens with zero attached hydrogens (tertiary/aromatic N) is 6. The summed E-state index contributed by atoms with van der Waals surface area (Å²) < 4.78 is 3.98. The summed E-state index contributed by atoms with van der Waals surface area (Å²) in [6, 6.07) is 0.314. The van der Waals surface area contributed by atoms with Crippen LogP contribution in [0.4, 0.5) is 0 Å². The molecule has 0 radical (unpaired) electrons. The fourth-order valence-electron chi connectivity index (χ4n) is 3.06. The molecule has 2 aromatic heterocycles. The molecule has 1 aliphatic heterocycles. The second-order valence-electron chi connectivity index (χ2n) is 7.14. The van der Waals surface area contributed by atoms with E-state index in [0.717, 1.165) is 50.1 Å². The number of fused-ring (bicyclic) bond motifs is 1. The second-order valence-corrected chi connectivity index (χ2v) is 7.14. The average molecular weight is 358 g/mol. The monoisotopic (exact) mass is 358 g/mol.